The van der Waals surface area contributed by atoms with Gasteiger partial charge in [-0.15, -0.1) is 13.2 Å². The van der Waals surface area contributed by atoms with Gasteiger partial charge in [-0.2, -0.15) is 0 Å². The Bertz CT molecular complexity index is 1490. The Morgan fingerprint density at radius 3 is 2.70 bits per heavy atom. The summed E-state index contributed by atoms with van der Waals surface area (Å²) in [5.41, 5.74) is 2.35. The highest BCUT2D eigenvalue weighted by molar-refractivity contribution is 5.95. The van der Waals surface area contributed by atoms with Crippen LogP contribution in [0.5, 0.6) is 11.5 Å². The predicted molar refractivity (Wildman–Crippen MR) is 139 cm³/mol. The molecule has 5 rings (SSSR count). The number of anilines is 1. The first-order valence-corrected chi connectivity index (χ1v) is 11.6. The predicted octanol–water partition coefficient (Wildman–Crippen LogP) is 5.96. The number of fused-ring (bicyclic) bond motifs is 1. The molecular weight excluding hydrogens is 485 g/mol. The molecule has 1 saturated heterocycles. The van der Waals surface area contributed by atoms with Crippen molar-refractivity contribution in [3.05, 3.63) is 77.9 Å². The highest BCUT2D eigenvalue weighted by Gasteiger charge is 2.32. The molecule has 0 radical (unpaired) electrons. The first-order valence-electron chi connectivity index (χ1n) is 11.6. The third kappa shape index (κ3) is 5.42. The van der Waals surface area contributed by atoms with E-state index in [-0.39, 0.29) is 21.6 Å². The van der Waals surface area contributed by atoms with Crippen LogP contribution in [0.1, 0.15) is 26.6 Å². The quantitative estimate of drug-likeness (QED) is 0.342. The number of aromatic nitrogens is 2. The fourth-order valence-corrected chi connectivity index (χ4v) is 4.42. The van der Waals surface area contributed by atoms with Gasteiger partial charge in [-0.05, 0) is 61.4 Å². The lowest BCUT2D eigenvalue weighted by molar-refractivity contribution is -0.274. The minimum absolute atomic E-state index is 0. The number of phenols is 1. The number of alkyl halides is 3. The summed E-state index contributed by atoms with van der Waals surface area (Å²) in [4.78, 5) is 24.3. The summed E-state index contributed by atoms with van der Waals surface area (Å²) >= 11 is 0. The Labute approximate surface area is 215 Å². The summed E-state index contributed by atoms with van der Waals surface area (Å²) in [5.74, 6) is 0.203. The largest absolute Gasteiger partial charge is 0.573 e. The summed E-state index contributed by atoms with van der Waals surface area (Å²) in [7, 11) is 0. The van der Waals surface area contributed by atoms with Crippen LogP contribution in [-0.4, -0.2) is 46.5 Å². The number of halogens is 3. The number of carbonyl (C=O) groups excluding carboxylic acids is 1. The van der Waals surface area contributed by atoms with Crippen LogP contribution in [0.25, 0.3) is 22.3 Å². The fraction of sp³-hybridized carbons (Fsp3) is 0.222. The van der Waals surface area contributed by atoms with E-state index < -0.39 is 18.0 Å². The minimum atomic E-state index is -4.84. The van der Waals surface area contributed by atoms with E-state index in [0.29, 0.717) is 36.7 Å². The normalized spacial score (nSPS) is 15.7. The van der Waals surface area contributed by atoms with E-state index in [2.05, 4.69) is 15.0 Å². The number of aryl methyl sites for hydroxylation is 1. The van der Waals surface area contributed by atoms with Crippen LogP contribution in [0, 0.1) is 6.92 Å². The van der Waals surface area contributed by atoms with E-state index in [9.17, 15) is 23.1 Å². The molecule has 0 bridgehead atoms. The lowest BCUT2D eigenvalue weighted by atomic mass is 10.1. The van der Waals surface area contributed by atoms with E-state index in [1.165, 1.54) is 12.1 Å². The van der Waals surface area contributed by atoms with Gasteiger partial charge >= 0.3 is 6.36 Å². The minimum Gasteiger partial charge on any atom is -0.507 e. The Balaban J connectivity index is 0.00000187. The Morgan fingerprint density at radius 1 is 1.11 bits per heavy atom. The first-order chi connectivity index (χ1) is 17.7. The molecule has 1 aromatic heterocycles. The van der Waals surface area contributed by atoms with Crippen molar-refractivity contribution in [3.8, 4) is 22.9 Å². The van der Waals surface area contributed by atoms with Crippen molar-refractivity contribution in [1.82, 2.24) is 15.3 Å². The molecular formula is C27H29F3N4O3. The van der Waals surface area contributed by atoms with E-state index in [4.69, 9.17) is 4.98 Å². The number of para-hydroxylation sites is 1. The van der Waals surface area contributed by atoms with Gasteiger partial charge in [0.2, 0.25) is 0 Å². The van der Waals surface area contributed by atoms with E-state index in [1.807, 2.05) is 30.0 Å². The second kappa shape index (κ2) is 9.61. The Hall–Kier alpha value is -4.34. The highest BCUT2D eigenvalue weighted by Crippen LogP contribution is 2.33. The number of hydrogen-bond acceptors (Lipinski definition) is 6. The summed E-state index contributed by atoms with van der Waals surface area (Å²) in [6.07, 6.45) is -4.22. The lowest BCUT2D eigenvalue weighted by Gasteiger charge is -2.21. The summed E-state index contributed by atoms with van der Waals surface area (Å²) in [5, 5.41) is 14.1. The van der Waals surface area contributed by atoms with Crippen molar-refractivity contribution in [1.29, 1.82) is 0 Å². The van der Waals surface area contributed by atoms with Crippen molar-refractivity contribution in [2.24, 2.45) is 0 Å². The Kier molecular flexibility index (Phi) is 6.32. The molecule has 4 aromatic rings. The molecule has 7 nitrogen and oxygen atoms in total. The number of carbonyl (C=O) groups is 1. The van der Waals surface area contributed by atoms with Gasteiger partial charge in [-0.1, -0.05) is 24.3 Å². The molecule has 2 heterocycles. The van der Waals surface area contributed by atoms with Crippen molar-refractivity contribution in [2.75, 3.05) is 18.0 Å². The average molecular weight is 515 g/mol. The molecule has 0 spiro atoms. The molecule has 10 heteroatoms. The molecule has 3 aromatic carbocycles. The molecule has 37 heavy (non-hydrogen) atoms. The fourth-order valence-electron chi connectivity index (χ4n) is 4.42. The second-order valence-electron chi connectivity index (χ2n) is 8.89. The molecule has 196 valence electrons. The first kappa shape index (κ1) is 24.4. The monoisotopic (exact) mass is 514 g/mol. The molecule has 1 amide bonds. The molecule has 0 unspecified atom stereocenters. The maximum Gasteiger partial charge on any atom is 0.573 e. The molecule has 2 N–H and O–H groups in total. The smallest absolute Gasteiger partial charge is 0.507 e. The van der Waals surface area contributed by atoms with Gasteiger partial charge < -0.3 is 20.1 Å². The number of ether oxygens (including phenoxy) is 1. The third-order valence-electron chi connectivity index (χ3n) is 6.13. The maximum atomic E-state index is 12.8. The van der Waals surface area contributed by atoms with Crippen LogP contribution >= 0.6 is 0 Å². The number of nitrogens with one attached hydrogen (secondary N) is 1. The van der Waals surface area contributed by atoms with Crippen molar-refractivity contribution < 1.29 is 32.1 Å². The molecule has 1 atom stereocenters. The molecule has 1 aliphatic rings. The Morgan fingerprint density at radius 2 is 1.92 bits per heavy atom. The summed E-state index contributed by atoms with van der Waals surface area (Å²) in [6.45, 7) is 3.02. The SMILES string of the molecule is Cc1ccc2c(N3CC[C@@H](NC(=O)c4cccc(OC(F)(F)F)c4)C3)nc(-c3ccccc3O)nc2c1.[HH].[HH].[HH]. The zero-order valence-electron chi connectivity index (χ0n) is 19.8. The van der Waals surface area contributed by atoms with Gasteiger partial charge in [0.1, 0.15) is 17.3 Å². The van der Waals surface area contributed by atoms with Gasteiger partial charge in [0.25, 0.3) is 5.91 Å². The van der Waals surface area contributed by atoms with Gasteiger partial charge in [-0.3, -0.25) is 4.79 Å². The third-order valence-corrected chi connectivity index (χ3v) is 6.13. The number of aromatic hydroxyl groups is 1. The van der Waals surface area contributed by atoms with E-state index >= 15 is 0 Å². The number of phenolic OH excluding ortho intramolecular Hbond substituents is 1. The standard InChI is InChI=1S/C27H23F3N4O3.3H2/c1-16-9-10-20-22(13-16)32-24(21-7-2-3-8-23(21)35)33-25(20)34-12-11-18(15-34)31-26(36)17-5-4-6-19(14-17)37-27(28,29)30;;;/h2-10,13-14,18,35H,11-12,15H2,1H3,(H,31,36);3*1H/t18-;;;/m1.../s1. The van der Waals surface area contributed by atoms with Crippen LogP contribution in [0.3, 0.4) is 0 Å². The van der Waals surface area contributed by atoms with Crippen LogP contribution < -0.4 is 15.0 Å². The number of benzene rings is 3. The number of rotatable bonds is 5. The highest BCUT2D eigenvalue weighted by atomic mass is 19.4. The molecule has 1 fully saturated rings. The topological polar surface area (TPSA) is 87.6 Å². The molecule has 0 saturated carbocycles. The van der Waals surface area contributed by atoms with Gasteiger partial charge in [0.05, 0.1) is 11.1 Å². The van der Waals surface area contributed by atoms with Crippen molar-refractivity contribution in [2.45, 2.75) is 25.7 Å². The number of amides is 1. The number of nitrogens with zero attached hydrogens (tertiary/aromatic N) is 3. The summed E-state index contributed by atoms with van der Waals surface area (Å²) in [6, 6.07) is 17.5. The van der Waals surface area contributed by atoms with Crippen molar-refractivity contribution >= 4 is 22.6 Å². The zero-order chi connectivity index (χ0) is 26.2. The number of hydrogen-bond donors (Lipinski definition) is 2. The maximum absolute atomic E-state index is 12.8. The van der Waals surface area contributed by atoms with Crippen LogP contribution in [0.15, 0.2) is 66.7 Å². The second-order valence-corrected chi connectivity index (χ2v) is 8.89. The van der Waals surface area contributed by atoms with Gasteiger partial charge in [0.15, 0.2) is 5.82 Å². The molecule has 1 aliphatic heterocycles. The van der Waals surface area contributed by atoms with Crippen LogP contribution in [0.2, 0.25) is 0 Å². The van der Waals surface area contributed by atoms with Gasteiger partial charge in [0, 0.05) is 34.4 Å². The average Bonchev–Trinajstić information content (AvgIpc) is 3.31. The zero-order valence-corrected chi connectivity index (χ0v) is 19.8. The van der Waals surface area contributed by atoms with Crippen molar-refractivity contribution in [3.63, 3.8) is 0 Å². The molecule has 0 aliphatic carbocycles. The van der Waals surface area contributed by atoms with Crippen LogP contribution in [0.4, 0.5) is 19.0 Å². The van der Waals surface area contributed by atoms with E-state index in [1.54, 1.807) is 24.3 Å². The van der Waals surface area contributed by atoms with Crippen LogP contribution in [-0.2, 0) is 0 Å². The van der Waals surface area contributed by atoms with E-state index in [0.717, 1.165) is 28.6 Å². The summed E-state index contributed by atoms with van der Waals surface area (Å²) < 4.78 is 41.6. The van der Waals surface area contributed by atoms with Gasteiger partial charge in [-0.25, -0.2) is 9.97 Å². The lowest BCUT2D eigenvalue weighted by Crippen LogP contribution is -2.37.